The van der Waals surface area contributed by atoms with E-state index in [9.17, 15) is 13.2 Å². The Morgan fingerprint density at radius 3 is 2.71 bits per heavy atom. The zero-order valence-electron chi connectivity index (χ0n) is 11.6. The molecule has 1 amide bonds. The minimum absolute atomic E-state index is 0.0260. The van der Waals surface area contributed by atoms with E-state index < -0.39 is 10.0 Å². The smallest absolute Gasteiger partial charge is 0.251 e. The third-order valence-electron chi connectivity index (χ3n) is 3.11. The molecule has 0 aromatic heterocycles. The Balaban J connectivity index is 1.98. The summed E-state index contributed by atoms with van der Waals surface area (Å²) < 4.78 is 26.3. The van der Waals surface area contributed by atoms with E-state index in [1.54, 1.807) is 24.3 Å². The van der Waals surface area contributed by atoms with Gasteiger partial charge >= 0.3 is 0 Å². The van der Waals surface area contributed by atoms with Crippen molar-refractivity contribution in [3.05, 3.63) is 29.8 Å². The summed E-state index contributed by atoms with van der Waals surface area (Å²) in [6.07, 6.45) is 3.20. The Morgan fingerprint density at radius 1 is 1.29 bits per heavy atom. The van der Waals surface area contributed by atoms with Gasteiger partial charge < -0.3 is 5.32 Å². The molecule has 0 atom stereocenters. The zero-order chi connectivity index (χ0) is 15.3. The van der Waals surface area contributed by atoms with E-state index in [0.29, 0.717) is 30.0 Å². The molecule has 1 fully saturated rings. The van der Waals surface area contributed by atoms with Gasteiger partial charge in [0.1, 0.15) is 0 Å². The highest BCUT2D eigenvalue weighted by atomic mass is 35.5. The Labute approximate surface area is 130 Å². The highest BCUT2D eigenvalue weighted by Crippen LogP contribution is 2.20. The molecule has 0 unspecified atom stereocenters. The summed E-state index contributed by atoms with van der Waals surface area (Å²) in [6.45, 7) is 0. The molecule has 21 heavy (non-hydrogen) atoms. The molecule has 0 saturated heterocycles. The van der Waals surface area contributed by atoms with Crippen molar-refractivity contribution < 1.29 is 13.2 Å². The lowest BCUT2D eigenvalue weighted by Gasteiger charge is -2.09. The largest absolute Gasteiger partial charge is 0.349 e. The molecular formula is C14H19ClN2O3S. The van der Waals surface area contributed by atoms with Crippen LogP contribution in [0.25, 0.3) is 0 Å². The summed E-state index contributed by atoms with van der Waals surface area (Å²) in [5.74, 6) is 0.311. The molecule has 5 nitrogen and oxygen atoms in total. The van der Waals surface area contributed by atoms with Crippen LogP contribution in [0.4, 0.5) is 5.69 Å². The Morgan fingerprint density at radius 2 is 2.05 bits per heavy atom. The first-order valence-electron chi connectivity index (χ1n) is 6.97. The number of carbonyl (C=O) groups is 1. The monoisotopic (exact) mass is 330 g/mol. The second-order valence-corrected chi connectivity index (χ2v) is 7.37. The van der Waals surface area contributed by atoms with Crippen LogP contribution in [0.15, 0.2) is 24.3 Å². The molecule has 1 aromatic carbocycles. The van der Waals surface area contributed by atoms with Crippen molar-refractivity contribution in [1.29, 1.82) is 0 Å². The molecule has 7 heteroatoms. The maximum atomic E-state index is 11.9. The molecule has 0 radical (unpaired) electrons. The molecule has 1 aliphatic carbocycles. The van der Waals surface area contributed by atoms with Crippen molar-refractivity contribution in [2.24, 2.45) is 0 Å². The zero-order valence-corrected chi connectivity index (χ0v) is 13.2. The lowest BCUT2D eigenvalue weighted by Crippen LogP contribution is -2.25. The topological polar surface area (TPSA) is 75.3 Å². The molecule has 1 aromatic rings. The number of benzene rings is 1. The van der Waals surface area contributed by atoms with Crippen molar-refractivity contribution in [3.8, 4) is 0 Å². The fraction of sp³-hybridized carbons (Fsp3) is 0.500. The van der Waals surface area contributed by atoms with E-state index in [1.165, 1.54) is 0 Å². The quantitative estimate of drug-likeness (QED) is 0.567. The summed E-state index contributed by atoms with van der Waals surface area (Å²) in [6, 6.07) is 6.79. The predicted octanol–water partition coefficient (Wildman–Crippen LogP) is 2.34. The average molecular weight is 331 g/mol. The molecule has 2 rings (SSSR count). The number of alkyl halides is 1. The molecule has 1 saturated carbocycles. The van der Waals surface area contributed by atoms with Gasteiger partial charge in [-0.05, 0) is 43.9 Å². The van der Waals surface area contributed by atoms with Crippen LogP contribution >= 0.6 is 11.6 Å². The number of rotatable bonds is 8. The van der Waals surface area contributed by atoms with Crippen molar-refractivity contribution in [3.63, 3.8) is 0 Å². The summed E-state index contributed by atoms with van der Waals surface area (Å²) in [5.41, 5.74) is 0.868. The molecular weight excluding hydrogens is 312 g/mol. The SMILES string of the molecule is O=C(NC1CC1)c1cccc(NS(=O)(=O)CCCCCl)c1. The maximum Gasteiger partial charge on any atom is 0.251 e. The van der Waals surface area contributed by atoms with Crippen LogP contribution in [0.3, 0.4) is 0 Å². The van der Waals surface area contributed by atoms with Gasteiger partial charge in [0.2, 0.25) is 10.0 Å². The number of anilines is 1. The first kappa shape index (κ1) is 16.1. The number of nitrogens with one attached hydrogen (secondary N) is 2. The van der Waals surface area contributed by atoms with E-state index in [-0.39, 0.29) is 17.7 Å². The lowest BCUT2D eigenvalue weighted by atomic mass is 10.2. The van der Waals surface area contributed by atoms with Crippen LogP contribution < -0.4 is 10.0 Å². The second-order valence-electron chi connectivity index (χ2n) is 5.15. The molecule has 2 N–H and O–H groups in total. The van der Waals surface area contributed by atoms with E-state index in [2.05, 4.69) is 10.0 Å². The highest BCUT2D eigenvalue weighted by molar-refractivity contribution is 7.92. The number of hydrogen-bond donors (Lipinski definition) is 2. The van der Waals surface area contributed by atoms with Crippen LogP contribution in [0, 0.1) is 0 Å². The van der Waals surface area contributed by atoms with Gasteiger partial charge in [0.25, 0.3) is 5.91 Å². The third kappa shape index (κ3) is 5.55. The molecule has 0 heterocycles. The highest BCUT2D eigenvalue weighted by Gasteiger charge is 2.23. The Hall–Kier alpha value is -1.27. The van der Waals surface area contributed by atoms with Gasteiger partial charge in [-0.3, -0.25) is 9.52 Å². The maximum absolute atomic E-state index is 11.9. The van der Waals surface area contributed by atoms with E-state index in [4.69, 9.17) is 11.6 Å². The van der Waals surface area contributed by atoms with Crippen molar-refractivity contribution in [2.45, 2.75) is 31.7 Å². The summed E-state index contributed by atoms with van der Waals surface area (Å²) in [4.78, 5) is 11.9. The van der Waals surface area contributed by atoms with Crippen LogP contribution in [0.1, 0.15) is 36.0 Å². The summed E-state index contributed by atoms with van der Waals surface area (Å²) in [7, 11) is -3.40. The number of unbranched alkanes of at least 4 members (excludes halogenated alkanes) is 1. The van der Waals surface area contributed by atoms with Gasteiger partial charge in [-0.2, -0.15) is 0 Å². The Kier molecular flexibility index (Phi) is 5.47. The van der Waals surface area contributed by atoms with Crippen LogP contribution in [-0.2, 0) is 10.0 Å². The molecule has 0 spiro atoms. The Bertz CT molecular complexity index is 600. The van der Waals surface area contributed by atoms with Gasteiger partial charge in [-0.25, -0.2) is 8.42 Å². The predicted molar refractivity (Wildman–Crippen MR) is 84.3 cm³/mol. The van der Waals surface area contributed by atoms with Crippen LogP contribution in [0.2, 0.25) is 0 Å². The minimum atomic E-state index is -3.40. The fourth-order valence-corrected chi connectivity index (χ4v) is 3.20. The fourth-order valence-electron chi connectivity index (χ4n) is 1.84. The number of sulfonamides is 1. The van der Waals surface area contributed by atoms with E-state index in [0.717, 1.165) is 12.8 Å². The van der Waals surface area contributed by atoms with Crippen molar-refractivity contribution in [1.82, 2.24) is 5.32 Å². The molecule has 116 valence electrons. The third-order valence-corrected chi connectivity index (χ3v) is 4.75. The average Bonchev–Trinajstić information content (AvgIpc) is 3.22. The molecule has 0 bridgehead atoms. The lowest BCUT2D eigenvalue weighted by molar-refractivity contribution is 0.0951. The van der Waals surface area contributed by atoms with Crippen molar-refractivity contribution in [2.75, 3.05) is 16.4 Å². The summed E-state index contributed by atoms with van der Waals surface area (Å²) >= 11 is 5.53. The number of amides is 1. The van der Waals surface area contributed by atoms with Crippen LogP contribution in [-0.4, -0.2) is 32.0 Å². The van der Waals surface area contributed by atoms with Gasteiger partial charge in [0, 0.05) is 23.2 Å². The first-order valence-corrected chi connectivity index (χ1v) is 9.16. The standard InChI is InChI=1S/C14H19ClN2O3S/c15-8-1-2-9-21(19,20)17-13-5-3-4-11(10-13)14(18)16-12-6-7-12/h3-5,10,12,17H,1-2,6-9H2,(H,16,18). The van der Waals surface area contributed by atoms with E-state index in [1.807, 2.05) is 0 Å². The van der Waals surface area contributed by atoms with Gasteiger partial charge in [-0.1, -0.05) is 6.07 Å². The second kappa shape index (κ2) is 7.13. The minimum Gasteiger partial charge on any atom is -0.349 e. The molecule has 0 aliphatic heterocycles. The van der Waals surface area contributed by atoms with Gasteiger partial charge in [-0.15, -0.1) is 11.6 Å². The number of carbonyl (C=O) groups excluding carboxylic acids is 1. The van der Waals surface area contributed by atoms with Gasteiger partial charge in [0.05, 0.1) is 5.75 Å². The summed E-state index contributed by atoms with van der Waals surface area (Å²) in [5, 5.41) is 2.87. The van der Waals surface area contributed by atoms with Crippen LogP contribution in [0.5, 0.6) is 0 Å². The normalized spacial score (nSPS) is 14.7. The van der Waals surface area contributed by atoms with Crippen molar-refractivity contribution >= 4 is 33.2 Å². The first-order chi connectivity index (χ1) is 10.00. The number of hydrogen-bond acceptors (Lipinski definition) is 3. The molecule has 1 aliphatic rings. The van der Waals surface area contributed by atoms with E-state index >= 15 is 0 Å². The number of halogens is 1. The van der Waals surface area contributed by atoms with Gasteiger partial charge in [0.15, 0.2) is 0 Å².